The highest BCUT2D eigenvalue weighted by molar-refractivity contribution is 7.80. The standard InChI is InChI=1S/C13H13ClN6OS/c1-7-11(6-18(2)17-7)20-12(21)9(16-13(20)22)4-10-8(14)5-15-19(10)3/h4-6H,1-3H3,(H,16,22)/b9-4+. The van der Waals surface area contributed by atoms with Gasteiger partial charge < -0.3 is 5.32 Å². The second-order valence-corrected chi connectivity index (χ2v) is 5.70. The number of thiocarbonyl (C=S) groups is 1. The summed E-state index contributed by atoms with van der Waals surface area (Å²) in [6.45, 7) is 1.82. The molecule has 1 N–H and O–H groups in total. The Kier molecular flexibility index (Phi) is 3.50. The number of carbonyl (C=O) groups is 1. The van der Waals surface area contributed by atoms with Crippen LogP contribution in [0.25, 0.3) is 6.08 Å². The van der Waals surface area contributed by atoms with Gasteiger partial charge in [-0.25, -0.2) is 4.90 Å². The van der Waals surface area contributed by atoms with Crippen LogP contribution in [-0.4, -0.2) is 30.6 Å². The van der Waals surface area contributed by atoms with E-state index in [1.54, 1.807) is 35.7 Å². The number of aryl methyl sites for hydroxylation is 3. The Balaban J connectivity index is 2.00. The summed E-state index contributed by atoms with van der Waals surface area (Å²) < 4.78 is 3.23. The Morgan fingerprint density at radius 1 is 1.41 bits per heavy atom. The quantitative estimate of drug-likeness (QED) is 0.663. The van der Waals surface area contributed by atoms with E-state index in [1.165, 1.54) is 11.1 Å². The number of carbonyl (C=O) groups excluding carboxylic acids is 1. The Labute approximate surface area is 137 Å². The van der Waals surface area contributed by atoms with Gasteiger partial charge in [0.1, 0.15) is 5.70 Å². The topological polar surface area (TPSA) is 68.0 Å². The Morgan fingerprint density at radius 2 is 2.14 bits per heavy atom. The maximum Gasteiger partial charge on any atom is 0.281 e. The maximum absolute atomic E-state index is 12.6. The van der Waals surface area contributed by atoms with Crippen LogP contribution in [-0.2, 0) is 18.9 Å². The van der Waals surface area contributed by atoms with Gasteiger partial charge in [-0.3, -0.25) is 14.2 Å². The van der Waals surface area contributed by atoms with Crippen LogP contribution in [0, 0.1) is 6.92 Å². The summed E-state index contributed by atoms with van der Waals surface area (Å²) in [4.78, 5) is 14.0. The first-order valence-corrected chi connectivity index (χ1v) is 7.22. The van der Waals surface area contributed by atoms with Crippen molar-refractivity contribution in [1.82, 2.24) is 24.9 Å². The van der Waals surface area contributed by atoms with Gasteiger partial charge in [0.2, 0.25) is 0 Å². The number of hydrogen-bond acceptors (Lipinski definition) is 4. The molecular weight excluding hydrogens is 324 g/mol. The molecule has 3 rings (SSSR count). The molecular formula is C13H13ClN6OS. The predicted molar refractivity (Wildman–Crippen MR) is 87.4 cm³/mol. The molecule has 1 amide bonds. The number of amides is 1. The van der Waals surface area contributed by atoms with Crippen LogP contribution in [0.5, 0.6) is 0 Å². The lowest BCUT2D eigenvalue weighted by Gasteiger charge is -2.11. The van der Waals surface area contributed by atoms with E-state index in [0.717, 1.165) is 5.69 Å². The number of nitrogens with one attached hydrogen (secondary N) is 1. The Bertz CT molecular complexity index is 801. The minimum atomic E-state index is -0.252. The number of hydrogen-bond donors (Lipinski definition) is 1. The smallest absolute Gasteiger partial charge is 0.281 e. The molecule has 0 aliphatic carbocycles. The van der Waals surface area contributed by atoms with E-state index >= 15 is 0 Å². The zero-order valence-electron chi connectivity index (χ0n) is 12.2. The van der Waals surface area contributed by atoms with Crippen LogP contribution < -0.4 is 10.2 Å². The third-order valence-electron chi connectivity index (χ3n) is 3.33. The first-order chi connectivity index (χ1) is 10.4. The number of halogens is 1. The highest BCUT2D eigenvalue weighted by Gasteiger charge is 2.34. The molecule has 2 aromatic rings. The van der Waals surface area contributed by atoms with E-state index in [2.05, 4.69) is 15.5 Å². The van der Waals surface area contributed by atoms with E-state index in [1.807, 2.05) is 6.92 Å². The Morgan fingerprint density at radius 3 is 2.68 bits per heavy atom. The average molecular weight is 337 g/mol. The van der Waals surface area contributed by atoms with Gasteiger partial charge in [-0.2, -0.15) is 10.2 Å². The molecule has 0 spiro atoms. The third kappa shape index (κ3) is 2.30. The van der Waals surface area contributed by atoms with Crippen molar-refractivity contribution >= 4 is 46.6 Å². The fourth-order valence-corrected chi connectivity index (χ4v) is 2.79. The summed E-state index contributed by atoms with van der Waals surface area (Å²) in [5.74, 6) is -0.252. The molecule has 1 aliphatic rings. The molecule has 0 bridgehead atoms. The first-order valence-electron chi connectivity index (χ1n) is 6.43. The molecule has 22 heavy (non-hydrogen) atoms. The monoisotopic (exact) mass is 336 g/mol. The zero-order valence-corrected chi connectivity index (χ0v) is 13.7. The molecule has 114 valence electrons. The van der Waals surface area contributed by atoms with Gasteiger partial charge in [0.05, 0.1) is 28.3 Å². The molecule has 0 aromatic carbocycles. The maximum atomic E-state index is 12.6. The second kappa shape index (κ2) is 5.22. The van der Waals surface area contributed by atoms with E-state index < -0.39 is 0 Å². The molecule has 1 fully saturated rings. The molecule has 0 atom stereocenters. The number of aromatic nitrogens is 4. The lowest BCUT2D eigenvalue weighted by molar-refractivity contribution is -0.113. The van der Waals surface area contributed by atoms with Gasteiger partial charge in [-0.05, 0) is 25.2 Å². The molecule has 2 aromatic heterocycles. The van der Waals surface area contributed by atoms with Crippen LogP contribution in [0.2, 0.25) is 5.02 Å². The first kappa shape index (κ1) is 14.7. The van der Waals surface area contributed by atoms with Crippen molar-refractivity contribution in [2.75, 3.05) is 4.90 Å². The molecule has 0 unspecified atom stereocenters. The van der Waals surface area contributed by atoms with Crippen molar-refractivity contribution in [3.63, 3.8) is 0 Å². The fourth-order valence-electron chi connectivity index (χ4n) is 2.28. The van der Waals surface area contributed by atoms with Crippen molar-refractivity contribution in [2.45, 2.75) is 6.92 Å². The van der Waals surface area contributed by atoms with Gasteiger partial charge in [-0.1, -0.05) is 11.6 Å². The SMILES string of the molecule is Cc1nn(C)cc1N1C(=O)/C(=C\c2c(Cl)cnn2C)NC1=S. The summed E-state index contributed by atoms with van der Waals surface area (Å²) in [5, 5.41) is 12.0. The lowest BCUT2D eigenvalue weighted by atomic mass is 10.3. The van der Waals surface area contributed by atoms with Crippen LogP contribution >= 0.6 is 23.8 Å². The summed E-state index contributed by atoms with van der Waals surface area (Å²) >= 11 is 11.3. The molecule has 9 heteroatoms. The minimum Gasteiger partial charge on any atom is -0.327 e. The minimum absolute atomic E-state index is 0.252. The second-order valence-electron chi connectivity index (χ2n) is 4.90. The van der Waals surface area contributed by atoms with Crippen LogP contribution in [0.4, 0.5) is 5.69 Å². The number of nitrogens with zero attached hydrogens (tertiary/aromatic N) is 5. The van der Waals surface area contributed by atoms with E-state index in [0.29, 0.717) is 27.2 Å². The molecule has 0 radical (unpaired) electrons. The zero-order chi connectivity index (χ0) is 16.0. The number of anilines is 1. The highest BCUT2D eigenvalue weighted by atomic mass is 35.5. The van der Waals surface area contributed by atoms with Crippen molar-refractivity contribution in [2.24, 2.45) is 14.1 Å². The van der Waals surface area contributed by atoms with E-state index in [-0.39, 0.29) is 5.91 Å². The molecule has 1 saturated heterocycles. The average Bonchev–Trinajstić information content (AvgIpc) is 3.02. The van der Waals surface area contributed by atoms with Crippen molar-refractivity contribution in [1.29, 1.82) is 0 Å². The van der Waals surface area contributed by atoms with Gasteiger partial charge in [0, 0.05) is 20.3 Å². The van der Waals surface area contributed by atoms with Crippen LogP contribution in [0.3, 0.4) is 0 Å². The lowest BCUT2D eigenvalue weighted by Crippen LogP contribution is -2.30. The normalized spacial score (nSPS) is 16.7. The molecule has 1 aliphatic heterocycles. The Hall–Kier alpha value is -2.19. The van der Waals surface area contributed by atoms with E-state index in [9.17, 15) is 4.79 Å². The summed E-state index contributed by atoms with van der Waals surface area (Å²) in [6.07, 6.45) is 4.91. The van der Waals surface area contributed by atoms with Gasteiger partial charge in [-0.15, -0.1) is 0 Å². The van der Waals surface area contributed by atoms with Gasteiger partial charge in [0.25, 0.3) is 5.91 Å². The van der Waals surface area contributed by atoms with E-state index in [4.69, 9.17) is 23.8 Å². The summed E-state index contributed by atoms with van der Waals surface area (Å²) in [7, 11) is 3.54. The third-order valence-corrected chi connectivity index (χ3v) is 3.90. The van der Waals surface area contributed by atoms with Gasteiger partial charge in [0.15, 0.2) is 5.11 Å². The summed E-state index contributed by atoms with van der Waals surface area (Å²) in [5.41, 5.74) is 2.35. The predicted octanol–water partition coefficient (Wildman–Crippen LogP) is 1.38. The largest absolute Gasteiger partial charge is 0.327 e. The van der Waals surface area contributed by atoms with Crippen LogP contribution in [0.1, 0.15) is 11.4 Å². The molecule has 3 heterocycles. The van der Waals surface area contributed by atoms with Crippen LogP contribution in [0.15, 0.2) is 18.1 Å². The van der Waals surface area contributed by atoms with Gasteiger partial charge >= 0.3 is 0 Å². The number of rotatable bonds is 2. The molecule has 0 saturated carbocycles. The summed E-state index contributed by atoms with van der Waals surface area (Å²) in [6, 6.07) is 0. The van der Waals surface area contributed by atoms with Crippen molar-refractivity contribution in [3.05, 3.63) is 34.5 Å². The van der Waals surface area contributed by atoms with Crippen molar-refractivity contribution < 1.29 is 4.79 Å². The fraction of sp³-hybridized carbons (Fsp3) is 0.231. The van der Waals surface area contributed by atoms with Crippen molar-refractivity contribution in [3.8, 4) is 0 Å². The highest BCUT2D eigenvalue weighted by Crippen LogP contribution is 2.26. The molecule has 7 nitrogen and oxygen atoms in total.